The van der Waals surface area contributed by atoms with Crippen molar-refractivity contribution in [2.24, 2.45) is 63.6 Å². The molecule has 11 atom stereocenters. The Labute approximate surface area is 197 Å². The van der Waals surface area contributed by atoms with Gasteiger partial charge in [-0.25, -0.2) is 0 Å². The van der Waals surface area contributed by atoms with Crippen molar-refractivity contribution in [2.45, 2.75) is 98.5 Å². The molecule has 0 aromatic heterocycles. The zero-order valence-electron chi connectivity index (χ0n) is 21.7. The van der Waals surface area contributed by atoms with E-state index in [-0.39, 0.29) is 6.67 Å². The predicted molar refractivity (Wildman–Crippen MR) is 131 cm³/mol. The topological polar surface area (TPSA) is 9.23 Å². The van der Waals surface area contributed by atoms with E-state index in [0.717, 1.165) is 29.6 Å². The van der Waals surface area contributed by atoms with Gasteiger partial charge in [-0.15, -0.1) is 0 Å². The number of hydrogen-bond donors (Lipinski definition) is 0. The van der Waals surface area contributed by atoms with Crippen molar-refractivity contribution in [1.29, 1.82) is 0 Å². The molecule has 2 heteroatoms. The van der Waals surface area contributed by atoms with E-state index in [1.54, 1.807) is 0 Å². The fourth-order valence-electron chi connectivity index (χ4n) is 10.7. The fraction of sp³-hybridized carbons (Fsp3) is 0.933. The van der Waals surface area contributed by atoms with Gasteiger partial charge < -0.3 is 4.74 Å². The first-order valence-electron chi connectivity index (χ1n) is 14.0. The van der Waals surface area contributed by atoms with Gasteiger partial charge in [-0.1, -0.05) is 46.8 Å². The maximum atomic E-state index is 13.0. The molecule has 5 aliphatic carbocycles. The quantitative estimate of drug-likeness (QED) is 0.360. The molecule has 5 rings (SSSR count). The van der Waals surface area contributed by atoms with E-state index in [4.69, 9.17) is 4.74 Å². The summed E-state index contributed by atoms with van der Waals surface area (Å²) in [6, 6.07) is 0. The number of halogens is 1. The van der Waals surface area contributed by atoms with Gasteiger partial charge in [0.1, 0.15) is 0 Å². The van der Waals surface area contributed by atoms with Gasteiger partial charge in [0.2, 0.25) is 0 Å². The smallest absolute Gasteiger partial charge is 0.0900 e. The van der Waals surface area contributed by atoms with Crippen LogP contribution in [0.3, 0.4) is 0 Å². The van der Waals surface area contributed by atoms with Crippen molar-refractivity contribution in [3.05, 3.63) is 12.2 Å². The molecular weight excluding hydrogens is 395 g/mol. The normalized spacial score (nSPS) is 51.2. The van der Waals surface area contributed by atoms with Gasteiger partial charge in [-0.05, 0) is 116 Å². The largest absolute Gasteiger partial charge is 0.381 e. The zero-order valence-corrected chi connectivity index (χ0v) is 21.7. The lowest BCUT2D eigenvalue weighted by Crippen LogP contribution is -2.57. The molecule has 1 nitrogen and oxygen atoms in total. The van der Waals surface area contributed by atoms with E-state index in [1.165, 1.54) is 51.4 Å². The van der Waals surface area contributed by atoms with Crippen molar-refractivity contribution >= 4 is 0 Å². The minimum Gasteiger partial charge on any atom is -0.381 e. The molecule has 0 radical (unpaired) electrons. The van der Waals surface area contributed by atoms with Crippen molar-refractivity contribution < 1.29 is 9.13 Å². The Bertz CT molecular complexity index is 730. The number of alkyl halides is 1. The molecule has 0 aromatic carbocycles. The first-order chi connectivity index (χ1) is 15.2. The van der Waals surface area contributed by atoms with Gasteiger partial charge in [0, 0.05) is 12.5 Å². The van der Waals surface area contributed by atoms with Crippen LogP contribution < -0.4 is 0 Å². The van der Waals surface area contributed by atoms with Gasteiger partial charge in [0.25, 0.3) is 0 Å². The van der Waals surface area contributed by atoms with Crippen LogP contribution in [-0.4, -0.2) is 19.9 Å². The number of rotatable bonds is 7. The van der Waals surface area contributed by atoms with Crippen LogP contribution in [0.5, 0.6) is 0 Å². The average molecular weight is 445 g/mol. The lowest BCUT2D eigenvalue weighted by atomic mass is 9.45. The molecule has 1 spiro atoms. The van der Waals surface area contributed by atoms with Crippen LogP contribution in [0, 0.1) is 63.6 Å². The van der Waals surface area contributed by atoms with Crippen LogP contribution in [-0.2, 0) is 4.74 Å². The second-order valence-corrected chi connectivity index (χ2v) is 13.6. The highest BCUT2D eigenvalue weighted by Crippen LogP contribution is 2.82. The zero-order chi connectivity index (χ0) is 22.9. The summed E-state index contributed by atoms with van der Waals surface area (Å²) in [6.45, 7) is 12.1. The highest BCUT2D eigenvalue weighted by Gasteiger charge is 2.77. The molecule has 5 saturated carbocycles. The second kappa shape index (κ2) is 8.10. The molecule has 0 aromatic rings. The van der Waals surface area contributed by atoms with Crippen molar-refractivity contribution in [2.75, 3.05) is 13.8 Å². The molecule has 0 amide bonds. The summed E-state index contributed by atoms with van der Waals surface area (Å²) in [7, 11) is 2.00. The van der Waals surface area contributed by atoms with Gasteiger partial charge in [0.05, 0.1) is 12.8 Å². The Morgan fingerprint density at radius 2 is 1.78 bits per heavy atom. The summed E-state index contributed by atoms with van der Waals surface area (Å²) in [5.41, 5.74) is 1.54. The van der Waals surface area contributed by atoms with Gasteiger partial charge in [0.15, 0.2) is 0 Å². The summed E-state index contributed by atoms with van der Waals surface area (Å²) in [4.78, 5) is 0. The SMILES string of the molecule is CO[C@@H]1C[C@H]2[C@@H]3CC[C@H]([C@H](C)/C=C/[C@@H](CCF)C(C)C)[C@@]3(C)CC[C@@H]2[C@@]2(C)CC[C@H]3C[C@]312. The highest BCUT2D eigenvalue weighted by molar-refractivity contribution is 5.26. The monoisotopic (exact) mass is 444 g/mol. The number of allylic oxidation sites excluding steroid dienone is 2. The van der Waals surface area contributed by atoms with E-state index < -0.39 is 0 Å². The minimum absolute atomic E-state index is 0.199. The first kappa shape index (κ1) is 23.4. The third-order valence-electron chi connectivity index (χ3n) is 12.5. The highest BCUT2D eigenvalue weighted by atomic mass is 19.1. The number of ether oxygens (including phenoxy) is 1. The van der Waals surface area contributed by atoms with Crippen LogP contribution in [0.15, 0.2) is 12.2 Å². The molecule has 0 saturated heterocycles. The molecule has 0 unspecified atom stereocenters. The number of hydrogen-bond acceptors (Lipinski definition) is 1. The number of methoxy groups -OCH3 is 1. The van der Waals surface area contributed by atoms with Crippen molar-refractivity contribution in [3.8, 4) is 0 Å². The van der Waals surface area contributed by atoms with E-state index >= 15 is 0 Å². The Hall–Kier alpha value is -0.370. The second-order valence-electron chi connectivity index (χ2n) is 13.6. The van der Waals surface area contributed by atoms with Crippen molar-refractivity contribution in [3.63, 3.8) is 0 Å². The Kier molecular flexibility index (Phi) is 5.91. The van der Waals surface area contributed by atoms with Crippen molar-refractivity contribution in [1.82, 2.24) is 0 Å². The lowest BCUT2D eigenvalue weighted by molar-refractivity contribution is -0.160. The molecule has 32 heavy (non-hydrogen) atoms. The molecular formula is C30H49FO. The van der Waals surface area contributed by atoms with E-state index in [2.05, 4.69) is 46.8 Å². The maximum absolute atomic E-state index is 13.0. The minimum atomic E-state index is -0.199. The third-order valence-corrected chi connectivity index (χ3v) is 12.5. The van der Waals surface area contributed by atoms with Crippen LogP contribution in [0.2, 0.25) is 0 Å². The molecule has 0 N–H and O–H groups in total. The Morgan fingerprint density at radius 1 is 1.00 bits per heavy atom. The van der Waals surface area contributed by atoms with Crippen LogP contribution in [0.1, 0.15) is 92.4 Å². The molecule has 0 heterocycles. The van der Waals surface area contributed by atoms with E-state index in [0.29, 0.717) is 46.5 Å². The maximum Gasteiger partial charge on any atom is 0.0900 e. The Morgan fingerprint density at radius 3 is 2.44 bits per heavy atom. The average Bonchev–Trinajstić information content (AvgIpc) is 3.27. The van der Waals surface area contributed by atoms with E-state index in [1.807, 2.05) is 7.11 Å². The van der Waals surface area contributed by atoms with Gasteiger partial charge in [-0.2, -0.15) is 0 Å². The van der Waals surface area contributed by atoms with Gasteiger partial charge >= 0.3 is 0 Å². The fourth-order valence-corrected chi connectivity index (χ4v) is 10.7. The third kappa shape index (κ3) is 3.09. The molecule has 5 fully saturated rings. The first-order valence-corrected chi connectivity index (χ1v) is 14.0. The molecule has 5 aliphatic rings. The molecule has 0 bridgehead atoms. The van der Waals surface area contributed by atoms with Crippen LogP contribution in [0.25, 0.3) is 0 Å². The lowest BCUT2D eigenvalue weighted by Gasteiger charge is -2.61. The Balaban J connectivity index is 1.36. The summed E-state index contributed by atoms with van der Waals surface area (Å²) >= 11 is 0. The van der Waals surface area contributed by atoms with Crippen LogP contribution >= 0.6 is 0 Å². The standard InChI is InChI=1S/C30H49FO/c1-19(2)21(13-16-31)8-7-20(3)24-9-10-25-23-17-27(32-6)30-18-22(30)11-15-29(30,5)26(23)12-14-28(24,25)4/h7-8,19-27H,9-18H2,1-6H3/b8-7+/t20-,21+,22+,23+,24-,25+,26+,27-,28-,29-,30+/m1/s1. The summed E-state index contributed by atoms with van der Waals surface area (Å²) in [5.74, 6) is 5.92. The molecule has 182 valence electrons. The summed E-state index contributed by atoms with van der Waals surface area (Å²) in [6.07, 6.45) is 17.4. The molecule has 0 aliphatic heterocycles. The van der Waals surface area contributed by atoms with E-state index in [9.17, 15) is 4.39 Å². The van der Waals surface area contributed by atoms with Gasteiger partial charge in [-0.3, -0.25) is 4.39 Å². The summed E-state index contributed by atoms with van der Waals surface area (Å²) < 4.78 is 19.3. The number of fused-ring (bicyclic) bond motifs is 4. The summed E-state index contributed by atoms with van der Waals surface area (Å²) in [5, 5.41) is 0. The predicted octanol–water partition coefficient (Wildman–Crippen LogP) is 8.09. The van der Waals surface area contributed by atoms with Crippen LogP contribution in [0.4, 0.5) is 4.39 Å².